The minimum absolute atomic E-state index is 0.245. The number of hydrogen-bond donors (Lipinski definition) is 1. The van der Waals surface area contributed by atoms with Gasteiger partial charge < -0.3 is 10.3 Å². The van der Waals surface area contributed by atoms with Gasteiger partial charge in [0.25, 0.3) is 0 Å². The van der Waals surface area contributed by atoms with E-state index < -0.39 is 0 Å². The smallest absolute Gasteiger partial charge is 0.124 e. The van der Waals surface area contributed by atoms with Gasteiger partial charge in [-0.25, -0.2) is 4.39 Å². The number of hydrogen-bond acceptors (Lipinski definition) is 2. The number of halogens is 1. The summed E-state index contributed by atoms with van der Waals surface area (Å²) in [5, 5.41) is 0.802. The molecule has 4 rings (SSSR count). The Balaban J connectivity index is 1.76. The highest BCUT2D eigenvalue weighted by atomic mass is 19.1. The van der Waals surface area contributed by atoms with Gasteiger partial charge in [0.2, 0.25) is 0 Å². The van der Waals surface area contributed by atoms with Gasteiger partial charge >= 0.3 is 0 Å². The van der Waals surface area contributed by atoms with E-state index in [1.54, 1.807) is 6.07 Å². The molecule has 2 aliphatic rings. The molecule has 0 atom stereocenters. The van der Waals surface area contributed by atoms with Crippen LogP contribution in [-0.4, -0.2) is 10.8 Å². The number of allylic oxidation sites excluding steroid dienone is 3. The lowest BCUT2D eigenvalue weighted by molar-refractivity contribution is 0.320. The molecule has 1 aliphatic carbocycles. The van der Waals surface area contributed by atoms with Crippen molar-refractivity contribution in [1.82, 2.24) is 4.57 Å². The fourth-order valence-electron chi connectivity index (χ4n) is 4.12. The van der Waals surface area contributed by atoms with Crippen LogP contribution in [0.25, 0.3) is 16.6 Å². The van der Waals surface area contributed by atoms with Crippen molar-refractivity contribution >= 4 is 28.5 Å². The highest BCUT2D eigenvalue weighted by Gasteiger charge is 2.27. The Morgan fingerprint density at radius 1 is 1.21 bits per heavy atom. The molecule has 0 unspecified atom stereocenters. The van der Waals surface area contributed by atoms with Gasteiger partial charge in [-0.05, 0) is 74.6 Å². The van der Waals surface area contributed by atoms with Gasteiger partial charge in [0.1, 0.15) is 5.82 Å². The maximum atomic E-state index is 13.9. The molecule has 28 heavy (non-hydrogen) atoms. The van der Waals surface area contributed by atoms with Gasteiger partial charge in [-0.15, -0.1) is 0 Å². The van der Waals surface area contributed by atoms with Crippen LogP contribution in [0.3, 0.4) is 0 Å². The van der Waals surface area contributed by atoms with Gasteiger partial charge in [0.05, 0.1) is 22.6 Å². The number of anilines is 1. The molecule has 148 valence electrons. The van der Waals surface area contributed by atoms with Crippen LogP contribution in [-0.2, 0) is 0 Å². The molecule has 2 heterocycles. The largest absolute Gasteiger partial charge is 0.396 e. The molecule has 1 fully saturated rings. The van der Waals surface area contributed by atoms with Crippen LogP contribution in [0.1, 0.15) is 70.5 Å². The quantitative estimate of drug-likeness (QED) is 0.620. The number of benzene rings is 1. The zero-order valence-electron chi connectivity index (χ0n) is 16.9. The first-order chi connectivity index (χ1) is 13.5. The maximum absolute atomic E-state index is 13.9. The fourth-order valence-corrected chi connectivity index (χ4v) is 4.12. The van der Waals surface area contributed by atoms with Crippen LogP contribution in [0.5, 0.6) is 0 Å². The van der Waals surface area contributed by atoms with Crippen molar-refractivity contribution < 1.29 is 4.39 Å². The third kappa shape index (κ3) is 3.65. The fraction of sp³-hybridized carbons (Fsp3) is 0.458. The zero-order valence-corrected chi connectivity index (χ0v) is 16.9. The summed E-state index contributed by atoms with van der Waals surface area (Å²) in [6.45, 7) is 4.51. The molecule has 2 aromatic rings. The van der Waals surface area contributed by atoms with E-state index in [1.807, 2.05) is 12.3 Å². The molecule has 1 saturated carbocycles. The normalized spacial score (nSPS) is 22.9. The van der Waals surface area contributed by atoms with Crippen molar-refractivity contribution in [2.24, 2.45) is 10.9 Å². The van der Waals surface area contributed by atoms with Gasteiger partial charge in [-0.3, -0.25) is 4.99 Å². The second kappa shape index (κ2) is 7.94. The molecule has 0 amide bonds. The lowest BCUT2D eigenvalue weighted by Crippen LogP contribution is -2.19. The van der Waals surface area contributed by atoms with Crippen LogP contribution in [0.4, 0.5) is 10.1 Å². The van der Waals surface area contributed by atoms with Gasteiger partial charge in [-0.2, -0.15) is 0 Å². The summed E-state index contributed by atoms with van der Waals surface area (Å²) < 4.78 is 16.2. The summed E-state index contributed by atoms with van der Waals surface area (Å²) in [6, 6.07) is 5.38. The molecule has 3 nitrogen and oxygen atoms in total. The monoisotopic (exact) mass is 379 g/mol. The molecular weight excluding hydrogens is 349 g/mol. The Labute approximate surface area is 166 Å². The first-order valence-electron chi connectivity index (χ1n) is 10.6. The minimum atomic E-state index is -0.245. The van der Waals surface area contributed by atoms with Crippen molar-refractivity contribution in [1.29, 1.82) is 0 Å². The Morgan fingerprint density at radius 2 is 2.00 bits per heavy atom. The number of aromatic nitrogens is 1. The zero-order chi connectivity index (χ0) is 19.7. The summed E-state index contributed by atoms with van der Waals surface area (Å²) in [5.41, 5.74) is 11.4. The standard InChI is InChI=1S/C24H30FN3/c1-16(2)10-11-17-6-3-4-9-21(27-15-17)24-23(26)20-14-18(25)12-13-22(20)28(24)19-7-5-8-19/h6,9,12-16,19H,3-5,7-8,10-11,26H2,1-2H3/b17-6-,21-9-,27-15+. The average Bonchev–Trinajstić information content (AvgIpc) is 2.85. The molecule has 1 aromatic carbocycles. The van der Waals surface area contributed by atoms with Crippen molar-refractivity contribution in [3.63, 3.8) is 0 Å². The van der Waals surface area contributed by atoms with E-state index >= 15 is 0 Å². The highest BCUT2D eigenvalue weighted by Crippen LogP contribution is 2.43. The predicted octanol–water partition coefficient (Wildman–Crippen LogP) is 6.66. The maximum Gasteiger partial charge on any atom is 0.124 e. The number of nitrogen functional groups attached to an aromatic ring is 1. The van der Waals surface area contributed by atoms with Gasteiger partial charge in [0, 0.05) is 17.6 Å². The van der Waals surface area contributed by atoms with E-state index in [0.717, 1.165) is 54.4 Å². The summed E-state index contributed by atoms with van der Waals surface area (Å²) in [7, 11) is 0. The Kier molecular flexibility index (Phi) is 5.38. The highest BCUT2D eigenvalue weighted by molar-refractivity contribution is 6.00. The third-order valence-corrected chi connectivity index (χ3v) is 5.98. The van der Waals surface area contributed by atoms with Crippen LogP contribution < -0.4 is 5.73 Å². The van der Waals surface area contributed by atoms with Crippen molar-refractivity contribution in [3.05, 3.63) is 47.4 Å². The molecule has 0 spiro atoms. The van der Waals surface area contributed by atoms with E-state index in [1.165, 1.54) is 24.5 Å². The van der Waals surface area contributed by atoms with Crippen LogP contribution in [0, 0.1) is 11.7 Å². The number of aliphatic imine (C=N–C) groups is 1. The predicted molar refractivity (Wildman–Crippen MR) is 117 cm³/mol. The van der Waals surface area contributed by atoms with E-state index in [-0.39, 0.29) is 5.82 Å². The van der Waals surface area contributed by atoms with Crippen molar-refractivity contribution in [2.75, 3.05) is 5.73 Å². The van der Waals surface area contributed by atoms with Crippen LogP contribution in [0.15, 0.2) is 40.9 Å². The first-order valence-corrected chi connectivity index (χ1v) is 10.6. The number of nitrogens with zero attached hydrogens (tertiary/aromatic N) is 2. The van der Waals surface area contributed by atoms with Gasteiger partial charge in [-0.1, -0.05) is 26.0 Å². The molecule has 0 radical (unpaired) electrons. The van der Waals surface area contributed by atoms with E-state index in [0.29, 0.717) is 17.6 Å². The topological polar surface area (TPSA) is 43.3 Å². The van der Waals surface area contributed by atoms with Crippen LogP contribution >= 0.6 is 0 Å². The minimum Gasteiger partial charge on any atom is -0.396 e. The molecule has 1 aliphatic heterocycles. The van der Waals surface area contributed by atoms with Crippen molar-refractivity contribution in [3.8, 4) is 0 Å². The molecule has 4 heteroatoms. The molecule has 0 bridgehead atoms. The summed E-state index contributed by atoms with van der Waals surface area (Å²) in [4.78, 5) is 4.87. The summed E-state index contributed by atoms with van der Waals surface area (Å²) in [5.74, 6) is 0.437. The first kappa shape index (κ1) is 19.0. The molecule has 2 N–H and O–H groups in total. The SMILES string of the molecule is CC(C)CCC1=C\CC\C=C(c2c(N)c3cc(F)ccc3n2C2CCC2)/N=C/1. The Bertz CT molecular complexity index is 958. The van der Waals surface area contributed by atoms with E-state index in [4.69, 9.17) is 10.7 Å². The molecule has 1 aromatic heterocycles. The number of rotatable bonds is 5. The lowest BCUT2D eigenvalue weighted by atomic mass is 9.92. The molecular formula is C24H30FN3. The Morgan fingerprint density at radius 3 is 2.71 bits per heavy atom. The summed E-state index contributed by atoms with van der Waals surface area (Å²) in [6.07, 6.45) is 14.2. The van der Waals surface area contributed by atoms with Gasteiger partial charge in [0.15, 0.2) is 0 Å². The lowest BCUT2D eigenvalue weighted by Gasteiger charge is -2.30. The number of nitrogens with two attached hydrogens (primary N) is 1. The van der Waals surface area contributed by atoms with E-state index in [2.05, 4.69) is 30.6 Å². The third-order valence-electron chi connectivity index (χ3n) is 5.98. The molecule has 0 saturated heterocycles. The Hall–Kier alpha value is -2.36. The second-order valence-corrected chi connectivity index (χ2v) is 8.51. The number of fused-ring (bicyclic) bond motifs is 1. The second-order valence-electron chi connectivity index (χ2n) is 8.51. The van der Waals surface area contributed by atoms with Crippen LogP contribution in [0.2, 0.25) is 0 Å². The van der Waals surface area contributed by atoms with E-state index in [9.17, 15) is 4.39 Å². The van der Waals surface area contributed by atoms with Crippen molar-refractivity contribution in [2.45, 2.75) is 64.8 Å². The summed E-state index contributed by atoms with van der Waals surface area (Å²) >= 11 is 0. The average molecular weight is 380 g/mol.